The molecular weight excluding hydrogens is 318 g/mol. The first-order chi connectivity index (χ1) is 12.1. The molecule has 0 aliphatic rings. The number of amides is 1. The third-order valence-corrected chi connectivity index (χ3v) is 3.84. The monoisotopic (exact) mass is 333 g/mol. The van der Waals surface area contributed by atoms with E-state index < -0.39 is 11.9 Å². The number of aromatic hydroxyl groups is 2. The van der Waals surface area contributed by atoms with E-state index in [2.05, 4.69) is 10.9 Å². The van der Waals surface area contributed by atoms with Gasteiger partial charge in [-0.05, 0) is 29.0 Å². The number of para-hydroxylation sites is 1. The fourth-order valence-electron chi connectivity index (χ4n) is 2.63. The van der Waals surface area contributed by atoms with Gasteiger partial charge in [-0.2, -0.15) is 5.26 Å². The molecule has 3 aromatic carbocycles. The van der Waals surface area contributed by atoms with Crippen molar-refractivity contribution < 1.29 is 15.0 Å². The third-order valence-electron chi connectivity index (χ3n) is 3.84. The van der Waals surface area contributed by atoms with Crippen molar-refractivity contribution in [3.8, 4) is 17.6 Å². The van der Waals surface area contributed by atoms with Crippen LogP contribution in [0.3, 0.4) is 0 Å². The number of phenolic OH excluding ortho intramolecular Hbond substituents is 2. The van der Waals surface area contributed by atoms with Gasteiger partial charge in [0.15, 0.2) is 0 Å². The lowest BCUT2D eigenvalue weighted by atomic mass is 9.98. The predicted octanol–water partition coefficient (Wildman–Crippen LogP) is 2.75. The summed E-state index contributed by atoms with van der Waals surface area (Å²) in [6.45, 7) is 0. The van der Waals surface area contributed by atoms with Crippen molar-refractivity contribution in [3.63, 3.8) is 0 Å². The Balaban J connectivity index is 1.87. The third kappa shape index (κ3) is 3.22. The van der Waals surface area contributed by atoms with E-state index in [1.165, 1.54) is 18.2 Å². The van der Waals surface area contributed by atoms with Gasteiger partial charge in [0.2, 0.25) is 0 Å². The molecular formula is C19H15N3O3. The molecule has 0 saturated heterocycles. The van der Waals surface area contributed by atoms with Crippen molar-refractivity contribution in [2.75, 3.05) is 0 Å². The van der Waals surface area contributed by atoms with E-state index in [1.54, 1.807) is 30.3 Å². The molecule has 6 heteroatoms. The summed E-state index contributed by atoms with van der Waals surface area (Å²) < 4.78 is 0. The maximum atomic E-state index is 12.2. The first-order valence-corrected chi connectivity index (χ1v) is 7.56. The van der Waals surface area contributed by atoms with Gasteiger partial charge in [-0.3, -0.25) is 10.2 Å². The largest absolute Gasteiger partial charge is 0.508 e. The maximum absolute atomic E-state index is 12.2. The highest BCUT2D eigenvalue weighted by molar-refractivity contribution is 5.96. The number of hydrogen-bond acceptors (Lipinski definition) is 5. The van der Waals surface area contributed by atoms with Crippen LogP contribution >= 0.6 is 0 Å². The number of nitrogens with one attached hydrogen (secondary N) is 2. The van der Waals surface area contributed by atoms with Crippen LogP contribution in [-0.4, -0.2) is 16.1 Å². The number of nitrogens with zero attached hydrogens (tertiary/aromatic N) is 1. The van der Waals surface area contributed by atoms with Gasteiger partial charge in [0.05, 0.1) is 11.6 Å². The molecule has 0 aliphatic carbocycles. The Morgan fingerprint density at radius 1 is 0.960 bits per heavy atom. The average Bonchev–Trinajstić information content (AvgIpc) is 2.63. The SMILES string of the molecule is N#C[C@H](NNC(=O)c1ccccc1O)c1c(O)ccc2ccccc12. The highest BCUT2D eigenvalue weighted by Crippen LogP contribution is 2.31. The fourth-order valence-corrected chi connectivity index (χ4v) is 2.63. The van der Waals surface area contributed by atoms with E-state index in [0.717, 1.165) is 5.39 Å². The van der Waals surface area contributed by atoms with E-state index in [1.807, 2.05) is 18.2 Å². The molecule has 0 radical (unpaired) electrons. The summed E-state index contributed by atoms with van der Waals surface area (Å²) in [5.74, 6) is -0.795. The minimum Gasteiger partial charge on any atom is -0.508 e. The maximum Gasteiger partial charge on any atom is 0.269 e. The van der Waals surface area contributed by atoms with E-state index >= 15 is 0 Å². The van der Waals surface area contributed by atoms with Gasteiger partial charge < -0.3 is 10.2 Å². The van der Waals surface area contributed by atoms with Crippen LogP contribution in [0.25, 0.3) is 10.8 Å². The van der Waals surface area contributed by atoms with Gasteiger partial charge in [-0.1, -0.05) is 42.5 Å². The Hall–Kier alpha value is -3.56. The lowest BCUT2D eigenvalue weighted by molar-refractivity contribution is 0.0926. The summed E-state index contributed by atoms with van der Waals surface area (Å²) in [4.78, 5) is 12.2. The lowest BCUT2D eigenvalue weighted by Gasteiger charge is -2.17. The fraction of sp³-hybridized carbons (Fsp3) is 0.0526. The number of rotatable bonds is 4. The summed E-state index contributed by atoms with van der Waals surface area (Å²) >= 11 is 0. The highest BCUT2D eigenvalue weighted by Gasteiger charge is 2.19. The highest BCUT2D eigenvalue weighted by atomic mass is 16.3. The summed E-state index contributed by atoms with van der Waals surface area (Å²) in [7, 11) is 0. The first-order valence-electron chi connectivity index (χ1n) is 7.56. The molecule has 124 valence electrons. The number of benzene rings is 3. The van der Waals surface area contributed by atoms with E-state index in [-0.39, 0.29) is 17.1 Å². The van der Waals surface area contributed by atoms with E-state index in [0.29, 0.717) is 10.9 Å². The summed E-state index contributed by atoms with van der Waals surface area (Å²) in [5, 5.41) is 31.0. The Labute approximate surface area is 143 Å². The Bertz CT molecular complexity index is 979. The zero-order chi connectivity index (χ0) is 17.8. The smallest absolute Gasteiger partial charge is 0.269 e. The van der Waals surface area contributed by atoms with Crippen LogP contribution in [0.2, 0.25) is 0 Å². The number of carbonyl (C=O) groups excluding carboxylic acids is 1. The molecule has 0 heterocycles. The van der Waals surface area contributed by atoms with Crippen LogP contribution in [0.5, 0.6) is 11.5 Å². The average molecular weight is 333 g/mol. The van der Waals surface area contributed by atoms with E-state index in [9.17, 15) is 20.3 Å². The topological polar surface area (TPSA) is 105 Å². The molecule has 3 aromatic rings. The number of hydrogen-bond donors (Lipinski definition) is 4. The quantitative estimate of drug-likeness (QED) is 0.549. The molecule has 0 aromatic heterocycles. The molecule has 1 amide bonds. The normalized spacial score (nSPS) is 11.6. The molecule has 6 nitrogen and oxygen atoms in total. The molecule has 0 fully saturated rings. The van der Waals surface area contributed by atoms with Gasteiger partial charge in [-0.25, -0.2) is 5.43 Å². The standard InChI is InChI=1S/C19H15N3O3/c20-11-15(21-22-19(25)14-7-3-4-8-16(14)23)18-13-6-2-1-5-12(13)9-10-17(18)24/h1-10,15,21,23-24H,(H,22,25)/t15-/m0/s1. The van der Waals surface area contributed by atoms with Crippen LogP contribution in [0, 0.1) is 11.3 Å². The van der Waals surface area contributed by atoms with Crippen molar-refractivity contribution in [1.29, 1.82) is 5.26 Å². The second-order valence-electron chi connectivity index (χ2n) is 5.40. The van der Waals surface area contributed by atoms with Crippen LogP contribution in [-0.2, 0) is 0 Å². The van der Waals surface area contributed by atoms with Crippen molar-refractivity contribution >= 4 is 16.7 Å². The first kappa shape index (κ1) is 16.3. The molecule has 0 spiro atoms. The van der Waals surface area contributed by atoms with Gasteiger partial charge in [0, 0.05) is 5.56 Å². The van der Waals surface area contributed by atoms with Gasteiger partial charge in [0.1, 0.15) is 17.5 Å². The molecule has 0 aliphatic heterocycles. The molecule has 1 atom stereocenters. The van der Waals surface area contributed by atoms with Crippen LogP contribution < -0.4 is 10.9 Å². The molecule has 25 heavy (non-hydrogen) atoms. The molecule has 3 rings (SSSR count). The number of phenols is 2. The van der Waals surface area contributed by atoms with Crippen LogP contribution in [0.1, 0.15) is 22.0 Å². The minimum absolute atomic E-state index is 0.0467. The van der Waals surface area contributed by atoms with Gasteiger partial charge in [-0.15, -0.1) is 0 Å². The Morgan fingerprint density at radius 3 is 2.44 bits per heavy atom. The zero-order valence-corrected chi connectivity index (χ0v) is 13.1. The lowest BCUT2D eigenvalue weighted by Crippen LogP contribution is -2.39. The van der Waals surface area contributed by atoms with Crippen molar-refractivity contribution in [2.24, 2.45) is 0 Å². The van der Waals surface area contributed by atoms with Crippen LogP contribution in [0.4, 0.5) is 0 Å². The van der Waals surface area contributed by atoms with Crippen molar-refractivity contribution in [3.05, 3.63) is 71.8 Å². The number of nitriles is 1. The number of carbonyl (C=O) groups is 1. The predicted molar refractivity (Wildman–Crippen MR) is 92.7 cm³/mol. The van der Waals surface area contributed by atoms with Gasteiger partial charge >= 0.3 is 0 Å². The Morgan fingerprint density at radius 2 is 1.68 bits per heavy atom. The summed E-state index contributed by atoms with van der Waals surface area (Å²) in [6.07, 6.45) is 0. The van der Waals surface area contributed by atoms with Crippen molar-refractivity contribution in [2.45, 2.75) is 6.04 Å². The minimum atomic E-state index is -0.971. The van der Waals surface area contributed by atoms with Crippen molar-refractivity contribution in [1.82, 2.24) is 10.9 Å². The second-order valence-corrected chi connectivity index (χ2v) is 5.40. The Kier molecular flexibility index (Phi) is 4.50. The number of hydrazine groups is 1. The second kappa shape index (κ2) is 6.91. The van der Waals surface area contributed by atoms with Gasteiger partial charge in [0.25, 0.3) is 5.91 Å². The summed E-state index contributed by atoms with van der Waals surface area (Å²) in [5.41, 5.74) is 5.46. The number of fused-ring (bicyclic) bond motifs is 1. The van der Waals surface area contributed by atoms with E-state index in [4.69, 9.17) is 0 Å². The van der Waals surface area contributed by atoms with Crippen LogP contribution in [0.15, 0.2) is 60.7 Å². The summed E-state index contributed by atoms with van der Waals surface area (Å²) in [6, 6.07) is 17.7. The molecule has 0 saturated carbocycles. The molecule has 0 unspecified atom stereocenters. The zero-order valence-electron chi connectivity index (χ0n) is 13.1. The molecule has 0 bridgehead atoms. The molecule has 4 N–H and O–H groups in total.